The van der Waals surface area contributed by atoms with E-state index in [1.165, 1.54) is 12.1 Å². The van der Waals surface area contributed by atoms with Gasteiger partial charge >= 0.3 is 0 Å². The van der Waals surface area contributed by atoms with Crippen molar-refractivity contribution in [2.45, 2.75) is 24.9 Å². The highest BCUT2D eigenvalue weighted by molar-refractivity contribution is 5.90. The lowest BCUT2D eigenvalue weighted by molar-refractivity contribution is -0.115. The number of fused-ring (bicyclic) bond motifs is 1. The molecule has 0 radical (unpaired) electrons. The molecule has 0 spiro atoms. The fourth-order valence-electron chi connectivity index (χ4n) is 4.59. The average Bonchev–Trinajstić information content (AvgIpc) is 3.35. The summed E-state index contributed by atoms with van der Waals surface area (Å²) in [7, 11) is 4.73. The van der Waals surface area contributed by atoms with Gasteiger partial charge in [0.2, 0.25) is 11.9 Å². The Morgan fingerprint density at radius 3 is 2.37 bits per heavy atom. The molecule has 10 heteroatoms. The summed E-state index contributed by atoms with van der Waals surface area (Å²) in [6.45, 7) is 0. The third-order valence-corrected chi connectivity index (χ3v) is 6.53. The van der Waals surface area contributed by atoms with Gasteiger partial charge in [-0.15, -0.1) is 5.10 Å². The van der Waals surface area contributed by atoms with E-state index in [0.29, 0.717) is 23.9 Å². The Labute approximate surface area is 219 Å². The molecule has 0 saturated heterocycles. The van der Waals surface area contributed by atoms with Crippen LogP contribution in [0, 0.1) is 5.82 Å². The number of ether oxygens (including phenoxy) is 3. The second-order valence-corrected chi connectivity index (χ2v) is 8.89. The molecule has 0 bridgehead atoms. The SMILES string of the molecule is COc1ccc(C2CC(c3ccc(F)cc3)n3nc(NC(=O)Cc4ccc(OC)c(OC)c4)nc3N2)cc1. The number of nitrogens with one attached hydrogen (secondary N) is 2. The van der Waals surface area contributed by atoms with Crippen molar-refractivity contribution in [1.82, 2.24) is 14.8 Å². The number of carbonyl (C=O) groups is 1. The topological polar surface area (TPSA) is 99.5 Å². The minimum Gasteiger partial charge on any atom is -0.497 e. The lowest BCUT2D eigenvalue weighted by Gasteiger charge is -2.31. The molecule has 0 saturated carbocycles. The van der Waals surface area contributed by atoms with Crippen molar-refractivity contribution in [3.8, 4) is 17.2 Å². The van der Waals surface area contributed by atoms with Crippen LogP contribution in [-0.2, 0) is 11.2 Å². The van der Waals surface area contributed by atoms with Gasteiger partial charge in [-0.1, -0.05) is 30.3 Å². The molecule has 38 heavy (non-hydrogen) atoms. The second kappa shape index (κ2) is 10.8. The molecule has 5 rings (SSSR count). The van der Waals surface area contributed by atoms with E-state index in [4.69, 9.17) is 14.2 Å². The molecular formula is C28H28FN5O4. The molecule has 9 nitrogen and oxygen atoms in total. The molecule has 2 N–H and O–H groups in total. The molecule has 2 atom stereocenters. The van der Waals surface area contributed by atoms with Gasteiger partial charge in [-0.25, -0.2) is 9.07 Å². The summed E-state index contributed by atoms with van der Waals surface area (Å²) in [5.41, 5.74) is 2.69. The summed E-state index contributed by atoms with van der Waals surface area (Å²) in [5, 5.41) is 10.8. The Balaban J connectivity index is 1.39. The summed E-state index contributed by atoms with van der Waals surface area (Å²) >= 11 is 0. The van der Waals surface area contributed by atoms with Gasteiger partial charge < -0.3 is 19.5 Å². The van der Waals surface area contributed by atoms with Crippen molar-refractivity contribution < 1.29 is 23.4 Å². The highest BCUT2D eigenvalue weighted by atomic mass is 19.1. The Morgan fingerprint density at radius 1 is 0.974 bits per heavy atom. The summed E-state index contributed by atoms with van der Waals surface area (Å²) in [5.74, 6) is 2.01. The Morgan fingerprint density at radius 2 is 1.68 bits per heavy atom. The Bertz CT molecular complexity index is 1420. The first-order valence-corrected chi connectivity index (χ1v) is 12.1. The molecule has 2 heterocycles. The molecule has 1 aliphatic heterocycles. The first-order valence-electron chi connectivity index (χ1n) is 12.1. The van der Waals surface area contributed by atoms with Gasteiger partial charge in [-0.05, 0) is 59.5 Å². The zero-order valence-corrected chi connectivity index (χ0v) is 21.3. The van der Waals surface area contributed by atoms with E-state index in [0.717, 1.165) is 22.4 Å². The first-order chi connectivity index (χ1) is 18.5. The predicted octanol–water partition coefficient (Wildman–Crippen LogP) is 4.77. The second-order valence-electron chi connectivity index (χ2n) is 8.89. The van der Waals surface area contributed by atoms with Gasteiger partial charge in [0.15, 0.2) is 11.5 Å². The van der Waals surface area contributed by atoms with Crippen LogP contribution in [-0.4, -0.2) is 42.0 Å². The van der Waals surface area contributed by atoms with E-state index in [1.807, 2.05) is 24.3 Å². The summed E-state index contributed by atoms with van der Waals surface area (Å²) in [4.78, 5) is 17.4. The van der Waals surface area contributed by atoms with Gasteiger partial charge in [0.25, 0.3) is 5.95 Å². The van der Waals surface area contributed by atoms with Crippen molar-refractivity contribution in [3.05, 3.63) is 89.2 Å². The van der Waals surface area contributed by atoms with Gasteiger partial charge in [-0.3, -0.25) is 10.1 Å². The van der Waals surface area contributed by atoms with Gasteiger partial charge in [0.05, 0.1) is 39.8 Å². The van der Waals surface area contributed by atoms with Gasteiger partial charge in [0, 0.05) is 0 Å². The monoisotopic (exact) mass is 517 g/mol. The molecule has 196 valence electrons. The summed E-state index contributed by atoms with van der Waals surface area (Å²) in [6.07, 6.45) is 0.751. The third-order valence-electron chi connectivity index (χ3n) is 6.53. The number of amides is 1. The third kappa shape index (κ3) is 5.24. The van der Waals surface area contributed by atoms with E-state index < -0.39 is 0 Å². The maximum atomic E-state index is 13.7. The number of hydrogen-bond acceptors (Lipinski definition) is 7. The Hall–Kier alpha value is -4.60. The number of methoxy groups -OCH3 is 3. The minimum absolute atomic E-state index is 0.0806. The number of halogens is 1. The standard InChI is InChI=1S/C28H28FN5O4/c1-36-21-11-7-18(8-12-21)22-16-23(19-5-9-20(29)10-6-19)34-28(30-22)32-27(33-34)31-26(35)15-17-4-13-24(37-2)25(14-17)38-3/h4-14,22-23H,15-16H2,1-3H3,(H2,30,31,32,33,35). The van der Waals surface area contributed by atoms with Crippen molar-refractivity contribution in [2.75, 3.05) is 32.0 Å². The number of anilines is 2. The normalized spacial score (nSPS) is 16.2. The van der Waals surface area contributed by atoms with Gasteiger partial charge in [0.1, 0.15) is 11.6 Å². The van der Waals surface area contributed by atoms with Crippen LogP contribution < -0.4 is 24.8 Å². The van der Waals surface area contributed by atoms with E-state index in [2.05, 4.69) is 20.7 Å². The molecule has 1 aromatic heterocycles. The minimum atomic E-state index is -0.309. The molecule has 0 fully saturated rings. The molecule has 4 aromatic rings. The number of hydrogen-bond donors (Lipinski definition) is 2. The number of benzene rings is 3. The van der Waals surface area contributed by atoms with Crippen LogP contribution in [0.15, 0.2) is 66.7 Å². The van der Waals surface area contributed by atoms with E-state index in [-0.39, 0.29) is 36.2 Å². The van der Waals surface area contributed by atoms with E-state index >= 15 is 0 Å². The molecule has 1 aliphatic rings. The zero-order valence-electron chi connectivity index (χ0n) is 21.3. The first kappa shape index (κ1) is 25.1. The highest BCUT2D eigenvalue weighted by Gasteiger charge is 2.31. The van der Waals surface area contributed by atoms with Crippen LogP contribution in [0.1, 0.15) is 35.2 Å². The van der Waals surface area contributed by atoms with Gasteiger partial charge in [-0.2, -0.15) is 4.98 Å². The van der Waals surface area contributed by atoms with Crippen LogP contribution in [0.5, 0.6) is 17.2 Å². The summed E-state index contributed by atoms with van der Waals surface area (Å²) < 4.78 is 31.3. The quantitative estimate of drug-likeness (QED) is 0.347. The summed E-state index contributed by atoms with van der Waals surface area (Å²) in [6, 6.07) is 19.2. The lowest BCUT2D eigenvalue weighted by Crippen LogP contribution is -2.28. The van der Waals surface area contributed by atoms with Crippen molar-refractivity contribution >= 4 is 17.8 Å². The number of nitrogens with zero attached hydrogens (tertiary/aromatic N) is 3. The highest BCUT2D eigenvalue weighted by Crippen LogP contribution is 2.38. The van der Waals surface area contributed by atoms with Crippen molar-refractivity contribution in [2.24, 2.45) is 0 Å². The molecule has 0 aliphatic carbocycles. The fourth-order valence-corrected chi connectivity index (χ4v) is 4.59. The number of carbonyl (C=O) groups excluding carboxylic acids is 1. The molecule has 3 aromatic carbocycles. The van der Waals surface area contributed by atoms with Crippen LogP contribution in [0.2, 0.25) is 0 Å². The van der Waals surface area contributed by atoms with Crippen molar-refractivity contribution in [3.63, 3.8) is 0 Å². The predicted molar refractivity (Wildman–Crippen MR) is 140 cm³/mol. The van der Waals surface area contributed by atoms with E-state index in [9.17, 15) is 9.18 Å². The van der Waals surface area contributed by atoms with Crippen LogP contribution in [0.4, 0.5) is 16.3 Å². The molecule has 2 unspecified atom stereocenters. The lowest BCUT2D eigenvalue weighted by atomic mass is 9.93. The van der Waals surface area contributed by atoms with Crippen LogP contribution in [0.3, 0.4) is 0 Å². The zero-order chi connectivity index (χ0) is 26.6. The molecule has 1 amide bonds. The van der Waals surface area contributed by atoms with Crippen LogP contribution in [0.25, 0.3) is 0 Å². The number of rotatable bonds is 8. The van der Waals surface area contributed by atoms with E-state index in [1.54, 1.807) is 56.3 Å². The average molecular weight is 518 g/mol. The maximum Gasteiger partial charge on any atom is 0.250 e. The smallest absolute Gasteiger partial charge is 0.250 e. The van der Waals surface area contributed by atoms with Crippen molar-refractivity contribution in [1.29, 1.82) is 0 Å². The maximum absolute atomic E-state index is 13.7. The fraction of sp³-hybridized carbons (Fsp3) is 0.250. The largest absolute Gasteiger partial charge is 0.497 e. The molecular weight excluding hydrogens is 489 g/mol. The van der Waals surface area contributed by atoms with Crippen LogP contribution >= 0.6 is 0 Å². The number of aromatic nitrogens is 3. The Kier molecular flexibility index (Phi) is 7.12.